The van der Waals surface area contributed by atoms with Crippen molar-refractivity contribution in [3.8, 4) is 11.6 Å². The molecule has 4 rings (SSSR count). The Morgan fingerprint density at radius 2 is 1.85 bits per heavy atom. The molecule has 2 aromatic carbocycles. The molecule has 0 radical (unpaired) electrons. The Balaban J connectivity index is 1.65. The van der Waals surface area contributed by atoms with Crippen LogP contribution in [0.4, 0.5) is 0 Å². The Morgan fingerprint density at radius 3 is 2.56 bits per heavy atom. The molecular weight excluding hydrogens is 362 g/mol. The van der Waals surface area contributed by atoms with Crippen LogP contribution in [-0.4, -0.2) is 26.0 Å². The summed E-state index contributed by atoms with van der Waals surface area (Å²) in [5.74, 6) is 1.33. The monoisotopic (exact) mass is 379 g/mol. The van der Waals surface area contributed by atoms with Crippen LogP contribution >= 0.6 is 11.6 Å². The molecular formula is C20H18ClN5O. The standard InChI is InChI=1S/C20H18ClN5O/c1-13(22)20(14-5-3-2-4-6-14)27-16-7-8-17-15(11-16)12-23-26(17)19-10-9-18(21)24-25-19/h2-13,20H,22H2,1H3. The summed E-state index contributed by atoms with van der Waals surface area (Å²) in [6.07, 6.45) is 1.53. The van der Waals surface area contributed by atoms with Crippen molar-refractivity contribution in [2.24, 2.45) is 5.73 Å². The Hall–Kier alpha value is -2.96. The Bertz CT molecular complexity index is 1050. The van der Waals surface area contributed by atoms with Crippen LogP contribution in [0.1, 0.15) is 18.6 Å². The Labute approximate surface area is 161 Å². The molecule has 0 saturated heterocycles. The summed E-state index contributed by atoms with van der Waals surface area (Å²) in [7, 11) is 0. The number of aromatic nitrogens is 4. The summed E-state index contributed by atoms with van der Waals surface area (Å²) in [6.45, 7) is 1.94. The zero-order valence-corrected chi connectivity index (χ0v) is 15.4. The van der Waals surface area contributed by atoms with Crippen molar-refractivity contribution < 1.29 is 4.74 Å². The molecule has 2 aromatic heterocycles. The normalized spacial score (nSPS) is 13.4. The molecule has 27 heavy (non-hydrogen) atoms. The lowest BCUT2D eigenvalue weighted by Crippen LogP contribution is -2.29. The highest BCUT2D eigenvalue weighted by atomic mass is 35.5. The third kappa shape index (κ3) is 3.63. The van der Waals surface area contributed by atoms with Gasteiger partial charge in [0.15, 0.2) is 11.0 Å². The van der Waals surface area contributed by atoms with E-state index < -0.39 is 0 Å². The van der Waals surface area contributed by atoms with Crippen molar-refractivity contribution in [1.29, 1.82) is 0 Å². The van der Waals surface area contributed by atoms with Gasteiger partial charge in [0.2, 0.25) is 0 Å². The minimum absolute atomic E-state index is 0.157. The molecule has 2 heterocycles. The van der Waals surface area contributed by atoms with Gasteiger partial charge in [-0.2, -0.15) is 5.10 Å². The van der Waals surface area contributed by atoms with Gasteiger partial charge in [-0.3, -0.25) is 0 Å². The maximum atomic E-state index is 6.19. The van der Waals surface area contributed by atoms with Gasteiger partial charge in [0.25, 0.3) is 0 Å². The largest absolute Gasteiger partial charge is 0.484 e. The zero-order valence-electron chi connectivity index (χ0n) is 14.7. The van der Waals surface area contributed by atoms with E-state index in [1.807, 2.05) is 55.5 Å². The molecule has 136 valence electrons. The third-order valence-corrected chi connectivity index (χ3v) is 4.44. The summed E-state index contributed by atoms with van der Waals surface area (Å²) in [6, 6.07) is 19.1. The van der Waals surface area contributed by atoms with Gasteiger partial charge in [0.1, 0.15) is 11.9 Å². The van der Waals surface area contributed by atoms with Crippen LogP contribution in [-0.2, 0) is 0 Å². The predicted octanol–water partition coefficient (Wildman–Crippen LogP) is 3.94. The number of hydrogen-bond acceptors (Lipinski definition) is 5. The maximum absolute atomic E-state index is 6.19. The second-order valence-electron chi connectivity index (χ2n) is 6.30. The quantitative estimate of drug-likeness (QED) is 0.568. The van der Waals surface area contributed by atoms with Gasteiger partial charge in [-0.25, -0.2) is 4.68 Å². The lowest BCUT2D eigenvalue weighted by atomic mass is 10.0. The van der Waals surface area contributed by atoms with Gasteiger partial charge in [0, 0.05) is 11.4 Å². The summed E-state index contributed by atoms with van der Waals surface area (Å²) in [4.78, 5) is 0. The topological polar surface area (TPSA) is 78.9 Å². The molecule has 0 aliphatic rings. The molecule has 2 N–H and O–H groups in total. The average molecular weight is 380 g/mol. The number of nitrogens with zero attached hydrogens (tertiary/aromatic N) is 4. The number of halogens is 1. The number of fused-ring (bicyclic) bond motifs is 1. The van der Waals surface area contributed by atoms with Crippen LogP contribution in [0.2, 0.25) is 5.15 Å². The van der Waals surface area contributed by atoms with Gasteiger partial charge in [-0.05, 0) is 42.8 Å². The first kappa shape index (κ1) is 17.5. The van der Waals surface area contributed by atoms with Crippen molar-refractivity contribution in [3.05, 3.63) is 77.6 Å². The van der Waals surface area contributed by atoms with E-state index in [0.717, 1.165) is 22.2 Å². The number of nitrogens with two attached hydrogens (primary N) is 1. The Kier molecular flexibility index (Phi) is 4.75. The van der Waals surface area contributed by atoms with Gasteiger partial charge in [0.05, 0.1) is 11.7 Å². The van der Waals surface area contributed by atoms with Crippen molar-refractivity contribution in [1.82, 2.24) is 20.0 Å². The Morgan fingerprint density at radius 1 is 1.04 bits per heavy atom. The predicted molar refractivity (Wildman–Crippen MR) is 105 cm³/mol. The molecule has 0 fully saturated rings. The van der Waals surface area contributed by atoms with E-state index >= 15 is 0 Å². The third-order valence-electron chi connectivity index (χ3n) is 4.24. The minimum Gasteiger partial charge on any atom is -0.484 e. The highest BCUT2D eigenvalue weighted by molar-refractivity contribution is 6.29. The van der Waals surface area contributed by atoms with Crippen molar-refractivity contribution >= 4 is 22.5 Å². The minimum atomic E-state index is -0.235. The molecule has 6 nitrogen and oxygen atoms in total. The fraction of sp³-hybridized carbons (Fsp3) is 0.150. The molecule has 4 aromatic rings. The lowest BCUT2D eigenvalue weighted by Gasteiger charge is -2.23. The summed E-state index contributed by atoms with van der Waals surface area (Å²) >= 11 is 5.81. The van der Waals surface area contributed by atoms with Gasteiger partial charge >= 0.3 is 0 Å². The van der Waals surface area contributed by atoms with E-state index in [4.69, 9.17) is 22.1 Å². The number of benzene rings is 2. The van der Waals surface area contributed by atoms with E-state index in [1.54, 1.807) is 23.0 Å². The van der Waals surface area contributed by atoms with E-state index in [0.29, 0.717) is 11.0 Å². The number of ether oxygens (including phenoxy) is 1. The van der Waals surface area contributed by atoms with Crippen molar-refractivity contribution in [3.63, 3.8) is 0 Å². The van der Waals surface area contributed by atoms with Crippen LogP contribution in [0, 0.1) is 0 Å². The molecule has 2 unspecified atom stereocenters. The first-order valence-electron chi connectivity index (χ1n) is 8.56. The fourth-order valence-corrected chi connectivity index (χ4v) is 3.06. The van der Waals surface area contributed by atoms with E-state index in [9.17, 15) is 0 Å². The first-order valence-corrected chi connectivity index (χ1v) is 8.94. The van der Waals surface area contributed by atoms with Gasteiger partial charge < -0.3 is 10.5 Å². The summed E-state index contributed by atoms with van der Waals surface area (Å²) < 4.78 is 7.90. The van der Waals surface area contributed by atoms with Crippen molar-refractivity contribution in [2.45, 2.75) is 19.1 Å². The van der Waals surface area contributed by atoms with E-state index in [2.05, 4.69) is 15.3 Å². The van der Waals surface area contributed by atoms with E-state index in [1.165, 1.54) is 0 Å². The molecule has 0 spiro atoms. The SMILES string of the molecule is CC(N)C(Oc1ccc2c(cnn2-c2ccc(Cl)nn2)c1)c1ccccc1. The van der Waals surface area contributed by atoms with E-state index in [-0.39, 0.29) is 12.1 Å². The molecule has 0 saturated carbocycles. The highest BCUT2D eigenvalue weighted by Gasteiger charge is 2.18. The number of hydrogen-bond donors (Lipinski definition) is 1. The molecule has 7 heteroatoms. The van der Waals surface area contributed by atoms with Crippen LogP contribution in [0.25, 0.3) is 16.7 Å². The van der Waals surface area contributed by atoms with Crippen LogP contribution in [0.5, 0.6) is 5.75 Å². The summed E-state index contributed by atoms with van der Waals surface area (Å²) in [5.41, 5.74) is 8.09. The smallest absolute Gasteiger partial charge is 0.176 e. The maximum Gasteiger partial charge on any atom is 0.176 e. The van der Waals surface area contributed by atoms with Crippen LogP contribution in [0.15, 0.2) is 66.9 Å². The van der Waals surface area contributed by atoms with Crippen LogP contribution < -0.4 is 10.5 Å². The number of rotatable bonds is 5. The zero-order chi connectivity index (χ0) is 18.8. The highest BCUT2D eigenvalue weighted by Crippen LogP contribution is 2.28. The first-order chi connectivity index (χ1) is 13.1. The lowest BCUT2D eigenvalue weighted by molar-refractivity contribution is 0.180. The molecule has 0 amide bonds. The van der Waals surface area contributed by atoms with Crippen molar-refractivity contribution in [2.75, 3.05) is 0 Å². The van der Waals surface area contributed by atoms with Gasteiger partial charge in [-0.1, -0.05) is 41.9 Å². The summed E-state index contributed by atoms with van der Waals surface area (Å²) in [5, 5.41) is 13.6. The second-order valence-corrected chi connectivity index (χ2v) is 6.69. The molecule has 0 aliphatic carbocycles. The van der Waals surface area contributed by atoms with Gasteiger partial charge in [-0.15, -0.1) is 10.2 Å². The average Bonchev–Trinajstić information content (AvgIpc) is 3.10. The molecule has 0 aliphatic heterocycles. The molecule has 2 atom stereocenters. The van der Waals surface area contributed by atoms with Crippen LogP contribution in [0.3, 0.4) is 0 Å². The second kappa shape index (κ2) is 7.34. The molecule has 0 bridgehead atoms. The fourth-order valence-electron chi connectivity index (χ4n) is 2.96.